The van der Waals surface area contributed by atoms with Crippen molar-refractivity contribution < 1.29 is 28.0 Å². The van der Waals surface area contributed by atoms with Crippen molar-refractivity contribution in [2.24, 2.45) is 0 Å². The Balaban J connectivity index is 2.43. The van der Waals surface area contributed by atoms with E-state index in [4.69, 9.17) is 14.4 Å². The van der Waals surface area contributed by atoms with Crippen LogP contribution in [0.2, 0.25) is 0 Å². The van der Waals surface area contributed by atoms with Gasteiger partial charge in [-0.2, -0.15) is 0 Å². The number of carboxylic acids is 1. The van der Waals surface area contributed by atoms with Crippen LogP contribution in [0.1, 0.15) is 38.1 Å². The lowest BCUT2D eigenvalue weighted by Crippen LogP contribution is -2.41. The quantitative estimate of drug-likeness (QED) is 0.843. The molecule has 20 heavy (non-hydrogen) atoms. The minimum atomic E-state index is -1.54. The molecule has 1 aliphatic rings. The first kappa shape index (κ1) is 14.9. The highest BCUT2D eigenvalue weighted by Gasteiger charge is 2.52. The third-order valence-corrected chi connectivity index (χ3v) is 3.81. The van der Waals surface area contributed by atoms with E-state index < -0.39 is 41.5 Å². The topological polar surface area (TPSA) is 55.8 Å². The number of hydrogen-bond donors (Lipinski definition) is 1. The predicted molar refractivity (Wildman–Crippen MR) is 69.0 cm³/mol. The molecular formula is C13H15BF2O4. The van der Waals surface area contributed by atoms with Crippen LogP contribution in [0.3, 0.4) is 0 Å². The number of carboxylic acid groups (broad SMARTS) is 1. The van der Waals surface area contributed by atoms with E-state index in [9.17, 15) is 13.6 Å². The molecule has 2 rings (SSSR count). The average Bonchev–Trinajstić information content (AvgIpc) is 2.51. The molecule has 0 unspecified atom stereocenters. The van der Waals surface area contributed by atoms with Crippen LogP contribution in [0.15, 0.2) is 12.1 Å². The Morgan fingerprint density at radius 3 is 2.10 bits per heavy atom. The molecule has 1 aliphatic heterocycles. The van der Waals surface area contributed by atoms with Crippen LogP contribution in [0.25, 0.3) is 0 Å². The molecule has 4 nitrogen and oxygen atoms in total. The molecule has 1 saturated heterocycles. The normalized spacial score (nSPS) is 20.2. The minimum Gasteiger partial charge on any atom is -0.478 e. The third-order valence-electron chi connectivity index (χ3n) is 3.81. The summed E-state index contributed by atoms with van der Waals surface area (Å²) in [5.41, 5.74) is -1.90. The molecule has 0 atom stereocenters. The lowest BCUT2D eigenvalue weighted by molar-refractivity contribution is 0.00578. The first-order valence-electron chi connectivity index (χ1n) is 6.13. The summed E-state index contributed by atoms with van der Waals surface area (Å²) in [6.07, 6.45) is 0. The Morgan fingerprint density at radius 1 is 1.15 bits per heavy atom. The zero-order valence-electron chi connectivity index (χ0n) is 11.7. The summed E-state index contributed by atoms with van der Waals surface area (Å²) < 4.78 is 38.2. The summed E-state index contributed by atoms with van der Waals surface area (Å²) in [5, 5.41) is 8.87. The van der Waals surface area contributed by atoms with E-state index in [1.165, 1.54) is 0 Å². The first-order chi connectivity index (χ1) is 9.05. The largest absolute Gasteiger partial charge is 0.494 e. The van der Waals surface area contributed by atoms with Crippen molar-refractivity contribution in [3.05, 3.63) is 29.3 Å². The van der Waals surface area contributed by atoms with E-state index >= 15 is 0 Å². The Kier molecular flexibility index (Phi) is 3.38. The molecule has 1 aromatic carbocycles. The van der Waals surface area contributed by atoms with Crippen molar-refractivity contribution in [3.63, 3.8) is 0 Å². The fraction of sp³-hybridized carbons (Fsp3) is 0.462. The van der Waals surface area contributed by atoms with Gasteiger partial charge in [-0.25, -0.2) is 13.6 Å². The molecule has 0 amide bonds. The van der Waals surface area contributed by atoms with Crippen molar-refractivity contribution in [2.75, 3.05) is 0 Å². The predicted octanol–water partition coefficient (Wildman–Crippen LogP) is 1.96. The number of carbonyl (C=O) groups is 1. The van der Waals surface area contributed by atoms with Gasteiger partial charge in [0.15, 0.2) is 11.6 Å². The standard InChI is InChI=1S/C13H15BF2O4/c1-12(2)13(3,4)20-14(19-12)7-5-8(11(17)18)10(16)9(15)6-7/h5-6H,1-4H3,(H,17,18). The van der Waals surface area contributed by atoms with Crippen LogP contribution in [-0.2, 0) is 9.31 Å². The number of hydrogen-bond acceptors (Lipinski definition) is 3. The second-order valence-electron chi connectivity index (χ2n) is 5.76. The lowest BCUT2D eigenvalue weighted by atomic mass is 9.78. The van der Waals surface area contributed by atoms with Crippen molar-refractivity contribution in [1.29, 1.82) is 0 Å². The van der Waals surface area contributed by atoms with E-state index in [1.54, 1.807) is 0 Å². The smallest absolute Gasteiger partial charge is 0.478 e. The maximum Gasteiger partial charge on any atom is 0.494 e. The molecule has 0 bridgehead atoms. The molecule has 1 heterocycles. The van der Waals surface area contributed by atoms with Crippen LogP contribution in [-0.4, -0.2) is 29.4 Å². The molecule has 1 aromatic rings. The molecule has 1 fully saturated rings. The van der Waals surface area contributed by atoms with E-state index in [1.807, 2.05) is 27.7 Å². The Bertz CT molecular complexity index is 556. The molecule has 0 aliphatic carbocycles. The van der Waals surface area contributed by atoms with Gasteiger partial charge in [0.2, 0.25) is 0 Å². The van der Waals surface area contributed by atoms with Crippen molar-refractivity contribution in [2.45, 2.75) is 38.9 Å². The van der Waals surface area contributed by atoms with Gasteiger partial charge in [0.1, 0.15) is 0 Å². The van der Waals surface area contributed by atoms with Gasteiger partial charge < -0.3 is 14.4 Å². The molecular weight excluding hydrogens is 269 g/mol. The SMILES string of the molecule is CC1(C)OB(c2cc(F)c(F)c(C(=O)O)c2)OC1(C)C. The van der Waals surface area contributed by atoms with Gasteiger partial charge in [-0.05, 0) is 45.3 Å². The van der Waals surface area contributed by atoms with E-state index in [0.29, 0.717) is 0 Å². The van der Waals surface area contributed by atoms with Crippen molar-refractivity contribution in [3.8, 4) is 0 Å². The second kappa shape index (κ2) is 4.53. The summed E-state index contributed by atoms with van der Waals surface area (Å²) in [5.74, 6) is -4.17. The molecule has 0 radical (unpaired) electrons. The summed E-state index contributed by atoms with van der Waals surface area (Å²) >= 11 is 0. The third kappa shape index (κ3) is 2.31. The van der Waals surface area contributed by atoms with E-state index in [0.717, 1.165) is 12.1 Å². The van der Waals surface area contributed by atoms with Gasteiger partial charge in [0.05, 0.1) is 16.8 Å². The molecule has 0 spiro atoms. The van der Waals surface area contributed by atoms with Gasteiger partial charge >= 0.3 is 13.1 Å². The molecule has 7 heteroatoms. The van der Waals surface area contributed by atoms with Crippen LogP contribution >= 0.6 is 0 Å². The van der Waals surface area contributed by atoms with E-state index in [2.05, 4.69) is 0 Å². The number of aromatic carboxylic acids is 1. The van der Waals surface area contributed by atoms with Crippen LogP contribution in [0.4, 0.5) is 8.78 Å². The molecule has 0 aromatic heterocycles. The lowest BCUT2D eigenvalue weighted by Gasteiger charge is -2.32. The highest BCUT2D eigenvalue weighted by molar-refractivity contribution is 6.62. The zero-order valence-corrected chi connectivity index (χ0v) is 11.7. The zero-order chi connectivity index (χ0) is 15.3. The second-order valence-corrected chi connectivity index (χ2v) is 5.76. The van der Waals surface area contributed by atoms with Crippen LogP contribution in [0.5, 0.6) is 0 Å². The van der Waals surface area contributed by atoms with Crippen molar-refractivity contribution >= 4 is 18.6 Å². The average molecular weight is 284 g/mol. The summed E-state index contributed by atoms with van der Waals surface area (Å²) in [6.45, 7) is 7.24. The van der Waals surface area contributed by atoms with Gasteiger partial charge in [0, 0.05) is 0 Å². The van der Waals surface area contributed by atoms with Gasteiger partial charge in [0.25, 0.3) is 0 Å². The number of rotatable bonds is 2. The fourth-order valence-electron chi connectivity index (χ4n) is 1.88. The number of halogens is 2. The first-order valence-corrected chi connectivity index (χ1v) is 6.13. The molecule has 1 N–H and O–H groups in total. The maximum absolute atomic E-state index is 13.5. The van der Waals surface area contributed by atoms with Gasteiger partial charge in [-0.3, -0.25) is 0 Å². The summed E-state index contributed by atoms with van der Waals surface area (Å²) in [7, 11) is -0.937. The van der Waals surface area contributed by atoms with Crippen molar-refractivity contribution in [1.82, 2.24) is 0 Å². The highest BCUT2D eigenvalue weighted by atomic mass is 19.2. The molecule has 0 saturated carbocycles. The monoisotopic (exact) mass is 284 g/mol. The fourth-order valence-corrected chi connectivity index (χ4v) is 1.88. The summed E-state index contributed by atoms with van der Waals surface area (Å²) in [4.78, 5) is 10.9. The highest BCUT2D eigenvalue weighted by Crippen LogP contribution is 2.36. The van der Waals surface area contributed by atoms with Crippen LogP contribution in [0, 0.1) is 11.6 Å². The Labute approximate surface area is 115 Å². The minimum absolute atomic E-state index is 0.139. The molecule has 108 valence electrons. The van der Waals surface area contributed by atoms with Crippen LogP contribution < -0.4 is 5.46 Å². The Morgan fingerprint density at radius 2 is 1.65 bits per heavy atom. The van der Waals surface area contributed by atoms with Gasteiger partial charge in [-0.15, -0.1) is 0 Å². The van der Waals surface area contributed by atoms with Gasteiger partial charge in [-0.1, -0.05) is 0 Å². The van der Waals surface area contributed by atoms with E-state index in [-0.39, 0.29) is 5.46 Å². The Hall–Kier alpha value is -1.47. The number of benzene rings is 1. The maximum atomic E-state index is 13.5. The summed E-state index contributed by atoms with van der Waals surface area (Å²) in [6, 6.07) is 1.92.